The highest BCUT2D eigenvalue weighted by Gasteiger charge is 2.33. The number of para-hydroxylation sites is 1. The van der Waals surface area contributed by atoms with Crippen LogP contribution < -0.4 is 10.3 Å². The molecule has 1 aliphatic heterocycles. The third-order valence-electron chi connectivity index (χ3n) is 6.94. The summed E-state index contributed by atoms with van der Waals surface area (Å²) in [6, 6.07) is 15.9. The van der Waals surface area contributed by atoms with Crippen LogP contribution in [0.3, 0.4) is 0 Å². The van der Waals surface area contributed by atoms with Gasteiger partial charge in [-0.2, -0.15) is 4.31 Å². The first-order valence-electron chi connectivity index (χ1n) is 13.3. The Morgan fingerprint density at radius 2 is 1.85 bits per heavy atom. The zero-order valence-electron chi connectivity index (χ0n) is 22.9. The minimum atomic E-state index is -3.80. The Balaban J connectivity index is 1.72. The number of carbonyl (C=O) groups excluding carboxylic acids is 1. The Morgan fingerprint density at radius 3 is 2.56 bits per heavy atom. The number of nitrogens with zero attached hydrogens (tertiary/aromatic N) is 2. The van der Waals surface area contributed by atoms with Gasteiger partial charge in [-0.3, -0.25) is 9.59 Å². The second kappa shape index (κ2) is 12.2. The van der Waals surface area contributed by atoms with Crippen molar-refractivity contribution in [3.63, 3.8) is 0 Å². The van der Waals surface area contributed by atoms with Crippen LogP contribution in [-0.2, 0) is 32.6 Å². The highest BCUT2D eigenvalue weighted by Crippen LogP contribution is 2.34. The van der Waals surface area contributed by atoms with Crippen LogP contribution in [0.1, 0.15) is 61.8 Å². The molecule has 1 unspecified atom stereocenters. The van der Waals surface area contributed by atoms with E-state index in [2.05, 4.69) is 0 Å². The predicted molar refractivity (Wildman–Crippen MR) is 149 cm³/mol. The number of pyridine rings is 1. The molecule has 0 aliphatic carbocycles. The highest BCUT2D eigenvalue weighted by molar-refractivity contribution is 7.89. The summed E-state index contributed by atoms with van der Waals surface area (Å²) < 4.78 is 41.5. The van der Waals surface area contributed by atoms with Crippen molar-refractivity contribution in [2.24, 2.45) is 0 Å². The van der Waals surface area contributed by atoms with Gasteiger partial charge in [0.2, 0.25) is 10.0 Å². The van der Waals surface area contributed by atoms with E-state index in [1.54, 1.807) is 48.0 Å². The van der Waals surface area contributed by atoms with Gasteiger partial charge in [-0.15, -0.1) is 0 Å². The number of ether oxygens (including phenoxy) is 2. The number of hydrogen-bond donors (Lipinski definition) is 0. The molecule has 0 fully saturated rings. The third kappa shape index (κ3) is 6.42. The first kappa shape index (κ1) is 28.6. The summed E-state index contributed by atoms with van der Waals surface area (Å²) in [5.41, 5.74) is 3.14. The number of aryl methyl sites for hydroxylation is 2. The maximum absolute atomic E-state index is 13.6. The monoisotopic (exact) mass is 552 g/mol. The molecule has 0 N–H and O–H groups in total. The fourth-order valence-corrected chi connectivity index (χ4v) is 6.55. The van der Waals surface area contributed by atoms with Crippen LogP contribution in [0.25, 0.3) is 0 Å². The molecule has 2 heterocycles. The van der Waals surface area contributed by atoms with Gasteiger partial charge in [0.15, 0.2) is 0 Å². The van der Waals surface area contributed by atoms with Crippen molar-refractivity contribution < 1.29 is 22.7 Å². The summed E-state index contributed by atoms with van der Waals surface area (Å²) in [7, 11) is -3.80. The molecule has 0 amide bonds. The Kier molecular flexibility index (Phi) is 8.92. The lowest BCUT2D eigenvalue weighted by molar-refractivity contribution is -0.143. The summed E-state index contributed by atoms with van der Waals surface area (Å²) in [5, 5.41) is 0. The van der Waals surface area contributed by atoms with Crippen molar-refractivity contribution >= 4 is 16.0 Å². The van der Waals surface area contributed by atoms with Gasteiger partial charge >= 0.3 is 5.97 Å². The normalized spacial score (nSPS) is 17.5. The fourth-order valence-electron chi connectivity index (χ4n) is 4.94. The quantitative estimate of drug-likeness (QED) is 0.360. The van der Waals surface area contributed by atoms with Crippen LogP contribution in [0, 0.1) is 6.92 Å². The van der Waals surface area contributed by atoms with Crippen LogP contribution >= 0.6 is 0 Å². The molecule has 0 spiro atoms. The van der Waals surface area contributed by atoms with Gasteiger partial charge in [-0.1, -0.05) is 37.3 Å². The second-order valence-electron chi connectivity index (χ2n) is 9.91. The zero-order chi connectivity index (χ0) is 28.2. The second-order valence-corrected chi connectivity index (χ2v) is 11.8. The van der Waals surface area contributed by atoms with Crippen molar-refractivity contribution in [3.05, 3.63) is 93.4 Å². The predicted octanol–water partition coefficient (Wildman–Crippen LogP) is 4.62. The van der Waals surface area contributed by atoms with Crippen LogP contribution in [0.5, 0.6) is 5.75 Å². The summed E-state index contributed by atoms with van der Waals surface area (Å²) in [6.45, 7) is 8.77. The van der Waals surface area contributed by atoms with Crippen molar-refractivity contribution in [1.82, 2.24) is 8.87 Å². The molecule has 2 atom stereocenters. The lowest BCUT2D eigenvalue weighted by Gasteiger charge is -2.24. The van der Waals surface area contributed by atoms with E-state index in [0.29, 0.717) is 17.9 Å². The van der Waals surface area contributed by atoms with Crippen molar-refractivity contribution in [1.29, 1.82) is 0 Å². The van der Waals surface area contributed by atoms with E-state index in [9.17, 15) is 18.0 Å². The Labute approximate surface area is 230 Å². The highest BCUT2D eigenvalue weighted by atomic mass is 32.2. The van der Waals surface area contributed by atoms with E-state index in [-0.39, 0.29) is 48.6 Å². The van der Waals surface area contributed by atoms with Crippen LogP contribution in [0.15, 0.2) is 70.5 Å². The molecule has 0 saturated heterocycles. The van der Waals surface area contributed by atoms with E-state index >= 15 is 0 Å². The molecule has 9 heteroatoms. The molecule has 0 saturated carbocycles. The first-order valence-corrected chi connectivity index (χ1v) is 14.8. The molecule has 8 nitrogen and oxygen atoms in total. The third-order valence-corrected chi connectivity index (χ3v) is 8.79. The number of sulfonamides is 1. The van der Waals surface area contributed by atoms with Crippen molar-refractivity contribution in [3.8, 4) is 5.75 Å². The number of fused-ring (bicyclic) bond motifs is 1. The van der Waals surface area contributed by atoms with Crippen molar-refractivity contribution in [2.45, 2.75) is 70.5 Å². The van der Waals surface area contributed by atoms with Crippen LogP contribution in [0.2, 0.25) is 0 Å². The Morgan fingerprint density at radius 1 is 1.10 bits per heavy atom. The maximum Gasteiger partial charge on any atom is 0.306 e. The molecule has 39 heavy (non-hydrogen) atoms. The van der Waals surface area contributed by atoms with E-state index in [1.165, 1.54) is 4.31 Å². The smallest absolute Gasteiger partial charge is 0.306 e. The SMILES string of the molecule is CCCn1ccc(C(CC(=O)OCC)c2ccc(C)c(CN3C[C@@H](C)Oc4ccccc4S3(=O)=O)c2)cc1=O. The first-order chi connectivity index (χ1) is 18.6. The van der Waals surface area contributed by atoms with Crippen LogP contribution in [-0.4, -0.2) is 42.5 Å². The summed E-state index contributed by atoms with van der Waals surface area (Å²) in [6.07, 6.45) is 2.32. The summed E-state index contributed by atoms with van der Waals surface area (Å²) in [4.78, 5) is 25.5. The average Bonchev–Trinajstić information content (AvgIpc) is 2.98. The lowest BCUT2D eigenvalue weighted by Crippen LogP contribution is -2.35. The topological polar surface area (TPSA) is 94.9 Å². The minimum absolute atomic E-state index is 0.0633. The van der Waals surface area contributed by atoms with Gasteiger partial charge in [0.25, 0.3) is 5.56 Å². The maximum atomic E-state index is 13.6. The number of esters is 1. The van der Waals surface area contributed by atoms with Gasteiger partial charge in [0.1, 0.15) is 16.7 Å². The average molecular weight is 553 g/mol. The minimum Gasteiger partial charge on any atom is -0.488 e. The number of carbonyl (C=O) groups is 1. The molecule has 0 radical (unpaired) electrons. The van der Waals surface area contributed by atoms with E-state index in [0.717, 1.165) is 23.1 Å². The molecule has 0 bridgehead atoms. The van der Waals surface area contributed by atoms with Crippen LogP contribution in [0.4, 0.5) is 0 Å². The number of aromatic nitrogens is 1. The number of benzene rings is 2. The van der Waals surface area contributed by atoms with E-state index in [1.807, 2.05) is 45.0 Å². The van der Waals surface area contributed by atoms with Crippen molar-refractivity contribution in [2.75, 3.05) is 13.2 Å². The molecule has 2 aromatic carbocycles. The summed E-state index contributed by atoms with van der Waals surface area (Å²) >= 11 is 0. The molecular formula is C30H36N2O6S. The lowest BCUT2D eigenvalue weighted by atomic mass is 9.87. The Hall–Kier alpha value is -3.43. The zero-order valence-corrected chi connectivity index (χ0v) is 23.7. The van der Waals surface area contributed by atoms with Gasteiger partial charge in [0, 0.05) is 31.3 Å². The Bertz CT molecular complexity index is 1500. The molecule has 1 aliphatic rings. The molecular weight excluding hydrogens is 516 g/mol. The molecule has 4 rings (SSSR count). The fraction of sp³-hybridized carbons (Fsp3) is 0.400. The van der Waals surface area contributed by atoms with Gasteiger partial charge < -0.3 is 14.0 Å². The molecule has 3 aromatic rings. The molecule has 208 valence electrons. The van der Waals surface area contributed by atoms with Gasteiger partial charge in [0.05, 0.1) is 19.6 Å². The molecule has 1 aromatic heterocycles. The van der Waals surface area contributed by atoms with Gasteiger partial charge in [-0.05, 0) is 67.6 Å². The number of rotatable bonds is 9. The van der Waals surface area contributed by atoms with Gasteiger partial charge in [-0.25, -0.2) is 8.42 Å². The van der Waals surface area contributed by atoms with E-state index in [4.69, 9.17) is 9.47 Å². The standard InChI is InChI=1S/C30H36N2O6S/c1-5-14-31-15-13-24(17-29(31)33)26(18-30(34)37-6-2)23-12-11-21(3)25(16-23)20-32-19-22(4)38-27-9-7-8-10-28(27)39(32,35)36/h7-13,15-17,22,26H,5-6,14,18-20H2,1-4H3/t22-,26?/m1/s1. The number of hydrogen-bond acceptors (Lipinski definition) is 6. The van der Waals surface area contributed by atoms with E-state index < -0.39 is 15.9 Å². The largest absolute Gasteiger partial charge is 0.488 e. The summed E-state index contributed by atoms with van der Waals surface area (Å²) in [5.74, 6) is -0.429.